The van der Waals surface area contributed by atoms with Crippen LogP contribution in [0.15, 0.2) is 24.3 Å². The Morgan fingerprint density at radius 1 is 1.25 bits per heavy atom. The van der Waals surface area contributed by atoms with Gasteiger partial charge in [-0.1, -0.05) is 23.7 Å². The largest absolute Gasteiger partial charge is 0.383 e. The van der Waals surface area contributed by atoms with E-state index in [1.165, 1.54) is 0 Å². The van der Waals surface area contributed by atoms with E-state index in [4.69, 9.17) is 11.6 Å². The number of benzene rings is 1. The summed E-state index contributed by atoms with van der Waals surface area (Å²) in [6.07, 6.45) is 0. The van der Waals surface area contributed by atoms with Gasteiger partial charge in [-0.2, -0.15) is 11.8 Å². The number of halogens is 1. The molecule has 1 aromatic rings. The Hall–Kier alpha value is -0.180. The lowest BCUT2D eigenvalue weighted by Gasteiger charge is -2.36. The highest BCUT2D eigenvalue weighted by Crippen LogP contribution is 2.38. The molecule has 2 rings (SSSR count). The molecule has 12 heavy (non-hydrogen) atoms. The smallest absolute Gasteiger partial charge is 0.108 e. The van der Waals surface area contributed by atoms with Gasteiger partial charge in [-0.15, -0.1) is 0 Å². The standard InChI is InChI=1S/C9H9ClOS/c10-8-3-1-7(2-4-8)9(11)5-12-6-9/h1-4,11H,5-6H2. The summed E-state index contributed by atoms with van der Waals surface area (Å²) in [4.78, 5) is 0. The van der Waals surface area contributed by atoms with Gasteiger partial charge >= 0.3 is 0 Å². The van der Waals surface area contributed by atoms with E-state index in [1.54, 1.807) is 11.8 Å². The van der Waals surface area contributed by atoms with E-state index >= 15 is 0 Å². The number of hydrogen-bond donors (Lipinski definition) is 1. The molecule has 64 valence electrons. The molecule has 0 aromatic heterocycles. The Morgan fingerprint density at radius 2 is 1.83 bits per heavy atom. The highest BCUT2D eigenvalue weighted by atomic mass is 35.5. The molecule has 0 amide bonds. The summed E-state index contributed by atoms with van der Waals surface area (Å²) in [6.45, 7) is 0. The van der Waals surface area contributed by atoms with Gasteiger partial charge in [0, 0.05) is 16.5 Å². The molecular weight excluding hydrogens is 192 g/mol. The van der Waals surface area contributed by atoms with Crippen LogP contribution in [0.4, 0.5) is 0 Å². The molecule has 0 aliphatic carbocycles. The quantitative estimate of drug-likeness (QED) is 0.751. The second-order valence-electron chi connectivity index (χ2n) is 3.03. The molecule has 1 fully saturated rings. The van der Waals surface area contributed by atoms with Gasteiger partial charge in [-0.25, -0.2) is 0 Å². The van der Waals surface area contributed by atoms with E-state index in [-0.39, 0.29) is 0 Å². The topological polar surface area (TPSA) is 20.2 Å². The van der Waals surface area contributed by atoms with E-state index in [9.17, 15) is 5.11 Å². The molecule has 1 N–H and O–H groups in total. The third-order valence-electron chi connectivity index (χ3n) is 2.06. The van der Waals surface area contributed by atoms with E-state index < -0.39 is 5.60 Å². The van der Waals surface area contributed by atoms with Crippen molar-refractivity contribution in [2.24, 2.45) is 0 Å². The van der Waals surface area contributed by atoms with Crippen molar-refractivity contribution in [2.75, 3.05) is 11.5 Å². The average Bonchev–Trinajstić information content (AvgIpc) is 2.02. The maximum atomic E-state index is 9.91. The lowest BCUT2D eigenvalue weighted by molar-refractivity contribution is 0.0769. The Labute approximate surface area is 80.7 Å². The van der Waals surface area contributed by atoms with Gasteiger partial charge in [0.1, 0.15) is 5.60 Å². The van der Waals surface area contributed by atoms with E-state index in [1.807, 2.05) is 24.3 Å². The molecule has 0 unspecified atom stereocenters. The van der Waals surface area contributed by atoms with Crippen LogP contribution in [-0.2, 0) is 5.60 Å². The van der Waals surface area contributed by atoms with Crippen LogP contribution in [0.2, 0.25) is 5.02 Å². The number of thioether (sulfide) groups is 1. The molecule has 1 aliphatic heterocycles. The zero-order valence-corrected chi connectivity index (χ0v) is 8.03. The van der Waals surface area contributed by atoms with Crippen molar-refractivity contribution in [3.63, 3.8) is 0 Å². The van der Waals surface area contributed by atoms with E-state index in [2.05, 4.69) is 0 Å². The van der Waals surface area contributed by atoms with Crippen LogP contribution in [0.25, 0.3) is 0 Å². The van der Waals surface area contributed by atoms with Crippen LogP contribution in [0.5, 0.6) is 0 Å². The third-order valence-corrected chi connectivity index (χ3v) is 3.68. The fraction of sp³-hybridized carbons (Fsp3) is 0.333. The molecule has 1 saturated heterocycles. The van der Waals surface area contributed by atoms with Gasteiger partial charge in [0.25, 0.3) is 0 Å². The molecule has 0 spiro atoms. The van der Waals surface area contributed by atoms with Crippen molar-refractivity contribution in [1.82, 2.24) is 0 Å². The third kappa shape index (κ3) is 1.35. The summed E-state index contributed by atoms with van der Waals surface area (Å²) in [5, 5.41) is 10.6. The van der Waals surface area contributed by atoms with Crippen molar-refractivity contribution >= 4 is 23.4 Å². The first-order valence-electron chi connectivity index (χ1n) is 3.77. The number of hydrogen-bond acceptors (Lipinski definition) is 2. The van der Waals surface area contributed by atoms with Crippen molar-refractivity contribution in [3.05, 3.63) is 34.9 Å². The number of aliphatic hydroxyl groups is 1. The minimum atomic E-state index is -0.588. The summed E-state index contributed by atoms with van der Waals surface area (Å²) in [7, 11) is 0. The molecule has 1 heterocycles. The predicted octanol–water partition coefficient (Wildman–Crippen LogP) is 2.27. The molecule has 0 bridgehead atoms. The van der Waals surface area contributed by atoms with Crippen molar-refractivity contribution < 1.29 is 5.11 Å². The SMILES string of the molecule is OC1(c2ccc(Cl)cc2)CSC1. The fourth-order valence-electron chi connectivity index (χ4n) is 1.22. The average molecular weight is 201 g/mol. The first-order chi connectivity index (χ1) is 5.71. The summed E-state index contributed by atoms with van der Waals surface area (Å²) in [5.41, 5.74) is 0.389. The second-order valence-corrected chi connectivity index (χ2v) is 4.45. The normalized spacial score (nSPS) is 20.2. The van der Waals surface area contributed by atoms with Crippen molar-refractivity contribution in [1.29, 1.82) is 0 Å². The minimum Gasteiger partial charge on any atom is -0.383 e. The summed E-state index contributed by atoms with van der Waals surface area (Å²) in [6, 6.07) is 7.42. The van der Waals surface area contributed by atoms with Gasteiger partial charge in [-0.05, 0) is 17.7 Å². The molecule has 3 heteroatoms. The lowest BCUT2D eigenvalue weighted by atomic mass is 9.97. The van der Waals surface area contributed by atoms with Gasteiger partial charge in [-0.3, -0.25) is 0 Å². The van der Waals surface area contributed by atoms with Crippen LogP contribution in [0, 0.1) is 0 Å². The Balaban J connectivity index is 2.28. The van der Waals surface area contributed by atoms with E-state index in [0.717, 1.165) is 17.1 Å². The monoisotopic (exact) mass is 200 g/mol. The van der Waals surface area contributed by atoms with Crippen LogP contribution >= 0.6 is 23.4 Å². The first-order valence-corrected chi connectivity index (χ1v) is 5.30. The van der Waals surface area contributed by atoms with Crippen LogP contribution < -0.4 is 0 Å². The van der Waals surface area contributed by atoms with Crippen LogP contribution in [0.1, 0.15) is 5.56 Å². The highest BCUT2D eigenvalue weighted by Gasteiger charge is 2.36. The molecule has 1 nitrogen and oxygen atoms in total. The lowest BCUT2D eigenvalue weighted by Crippen LogP contribution is -2.39. The van der Waals surface area contributed by atoms with Gasteiger partial charge < -0.3 is 5.11 Å². The summed E-state index contributed by atoms with van der Waals surface area (Å²) < 4.78 is 0. The molecule has 0 radical (unpaired) electrons. The predicted molar refractivity (Wildman–Crippen MR) is 52.7 cm³/mol. The summed E-state index contributed by atoms with van der Waals surface area (Å²) >= 11 is 7.50. The van der Waals surface area contributed by atoms with Crippen LogP contribution in [0.3, 0.4) is 0 Å². The van der Waals surface area contributed by atoms with E-state index in [0.29, 0.717) is 5.02 Å². The molecule has 0 atom stereocenters. The highest BCUT2D eigenvalue weighted by molar-refractivity contribution is 8.00. The maximum Gasteiger partial charge on any atom is 0.108 e. The van der Waals surface area contributed by atoms with Crippen molar-refractivity contribution in [3.8, 4) is 0 Å². The Morgan fingerprint density at radius 3 is 2.25 bits per heavy atom. The summed E-state index contributed by atoms with van der Waals surface area (Å²) in [5.74, 6) is 1.60. The molecule has 0 saturated carbocycles. The van der Waals surface area contributed by atoms with Crippen molar-refractivity contribution in [2.45, 2.75) is 5.60 Å². The zero-order valence-electron chi connectivity index (χ0n) is 6.46. The maximum absolute atomic E-state index is 9.91. The van der Waals surface area contributed by atoms with Gasteiger partial charge in [0.05, 0.1) is 0 Å². The Kier molecular flexibility index (Phi) is 2.07. The molecule has 1 aliphatic rings. The second kappa shape index (κ2) is 2.95. The fourth-order valence-corrected chi connectivity index (χ4v) is 2.27. The Bertz CT molecular complexity index is 279. The zero-order chi connectivity index (χ0) is 8.60. The van der Waals surface area contributed by atoms with Crippen LogP contribution in [-0.4, -0.2) is 16.6 Å². The van der Waals surface area contributed by atoms with Gasteiger partial charge in [0.15, 0.2) is 0 Å². The molecule has 1 aromatic carbocycles. The minimum absolute atomic E-state index is 0.588. The number of rotatable bonds is 1. The molecular formula is C9H9ClOS. The first kappa shape index (κ1) is 8.42. The van der Waals surface area contributed by atoms with Gasteiger partial charge in [0.2, 0.25) is 0 Å².